The fraction of sp³-hybridized carbons (Fsp3) is 0.526. The number of hydrogen-bond donors (Lipinski definition) is 1. The zero-order valence-electron chi connectivity index (χ0n) is 15.9. The van der Waals surface area contributed by atoms with Crippen molar-refractivity contribution >= 4 is 33.6 Å². The van der Waals surface area contributed by atoms with Crippen LogP contribution >= 0.6 is 11.3 Å². The molecule has 0 aliphatic carbocycles. The number of pyridine rings is 1. The molecule has 0 radical (unpaired) electrons. The lowest BCUT2D eigenvalue weighted by molar-refractivity contribution is 0.0257. The third-order valence-electron chi connectivity index (χ3n) is 4.28. The molecule has 2 aromatic rings. The zero-order valence-corrected chi connectivity index (χ0v) is 16.7. The Bertz CT molecular complexity index is 843. The highest BCUT2D eigenvalue weighted by Crippen LogP contribution is 2.24. The lowest BCUT2D eigenvalue weighted by Crippen LogP contribution is -2.39. The number of carboxylic acids is 1. The average Bonchev–Trinajstić information content (AvgIpc) is 2.85. The van der Waals surface area contributed by atoms with Gasteiger partial charge in [0.15, 0.2) is 0 Å². The van der Waals surface area contributed by atoms with Gasteiger partial charge in [-0.25, -0.2) is 14.6 Å². The number of nitrogens with zero attached hydrogens (tertiary/aromatic N) is 3. The summed E-state index contributed by atoms with van der Waals surface area (Å²) in [6.45, 7) is 9.24. The maximum atomic E-state index is 12.3. The normalized spacial score (nSPS) is 16.3. The molecular weight excluding hydrogens is 366 g/mol. The third kappa shape index (κ3) is 5.17. The Morgan fingerprint density at radius 1 is 1.22 bits per heavy atom. The van der Waals surface area contributed by atoms with Gasteiger partial charge in [-0.15, -0.1) is 11.3 Å². The van der Waals surface area contributed by atoms with Gasteiger partial charge in [0.05, 0.1) is 5.69 Å². The number of carboxylic acid groups (broad SMARTS) is 1. The van der Waals surface area contributed by atoms with Gasteiger partial charge in [0.2, 0.25) is 0 Å². The van der Waals surface area contributed by atoms with E-state index < -0.39 is 11.6 Å². The molecule has 1 amide bonds. The largest absolute Gasteiger partial charge is 0.477 e. The quantitative estimate of drug-likeness (QED) is 0.863. The van der Waals surface area contributed by atoms with Crippen LogP contribution in [0.3, 0.4) is 0 Å². The first-order valence-corrected chi connectivity index (χ1v) is 9.86. The lowest BCUT2D eigenvalue weighted by atomic mass is 10.2. The lowest BCUT2D eigenvalue weighted by Gasteiger charge is -2.26. The molecule has 1 N–H and O–H groups in total. The Morgan fingerprint density at radius 3 is 2.70 bits per heavy atom. The minimum atomic E-state index is -0.922. The van der Waals surface area contributed by atoms with Crippen molar-refractivity contribution in [2.75, 3.05) is 26.2 Å². The standard InChI is InChI=1S/C19H25N3O4S/c1-19(2,3)26-18(25)22-8-4-7-21(9-10-22)12-14-6-5-13-11-15(17(23)24)27-16(13)20-14/h5-6,11H,4,7-10,12H2,1-3H3,(H,23,24). The molecular formula is C19H25N3O4S. The molecule has 3 rings (SSSR count). The van der Waals surface area contributed by atoms with E-state index >= 15 is 0 Å². The van der Waals surface area contributed by atoms with Crippen molar-refractivity contribution in [2.45, 2.75) is 39.3 Å². The number of rotatable bonds is 3. The molecule has 1 fully saturated rings. The minimum absolute atomic E-state index is 0.260. The monoisotopic (exact) mass is 391 g/mol. The van der Waals surface area contributed by atoms with Gasteiger partial charge in [-0.1, -0.05) is 6.07 Å². The van der Waals surface area contributed by atoms with Crippen LogP contribution in [-0.2, 0) is 11.3 Å². The topological polar surface area (TPSA) is 83.0 Å². The summed E-state index contributed by atoms with van der Waals surface area (Å²) in [6.07, 6.45) is 0.618. The van der Waals surface area contributed by atoms with Crippen LogP contribution in [0.5, 0.6) is 0 Å². The fourth-order valence-corrected chi connectivity index (χ4v) is 3.91. The van der Waals surface area contributed by atoms with E-state index in [0.717, 1.165) is 35.4 Å². The molecule has 27 heavy (non-hydrogen) atoms. The molecule has 0 aromatic carbocycles. The summed E-state index contributed by atoms with van der Waals surface area (Å²) in [5, 5.41) is 9.97. The van der Waals surface area contributed by atoms with E-state index in [9.17, 15) is 9.59 Å². The van der Waals surface area contributed by atoms with E-state index in [-0.39, 0.29) is 6.09 Å². The SMILES string of the molecule is CC(C)(C)OC(=O)N1CCCN(Cc2ccc3cc(C(=O)O)sc3n2)CC1. The number of thiophene rings is 1. The summed E-state index contributed by atoms with van der Waals surface area (Å²) in [7, 11) is 0. The zero-order chi connectivity index (χ0) is 19.6. The van der Waals surface area contributed by atoms with Crippen molar-refractivity contribution in [3.63, 3.8) is 0 Å². The van der Waals surface area contributed by atoms with Crippen LogP contribution in [0.15, 0.2) is 18.2 Å². The molecule has 3 heterocycles. The third-order valence-corrected chi connectivity index (χ3v) is 5.31. The maximum absolute atomic E-state index is 12.3. The number of hydrogen-bond acceptors (Lipinski definition) is 6. The molecule has 1 aliphatic heterocycles. The molecule has 146 valence electrons. The highest BCUT2D eigenvalue weighted by Gasteiger charge is 2.24. The van der Waals surface area contributed by atoms with E-state index in [2.05, 4.69) is 9.88 Å². The Balaban J connectivity index is 1.62. The average molecular weight is 391 g/mol. The predicted molar refractivity (Wildman–Crippen MR) is 104 cm³/mol. The summed E-state index contributed by atoms with van der Waals surface area (Å²) >= 11 is 1.20. The molecule has 1 saturated heterocycles. The van der Waals surface area contributed by atoms with Crippen molar-refractivity contribution < 1.29 is 19.4 Å². The summed E-state index contributed by atoms with van der Waals surface area (Å²) in [4.78, 5) is 33.1. The van der Waals surface area contributed by atoms with E-state index in [1.165, 1.54) is 11.3 Å². The van der Waals surface area contributed by atoms with Crippen molar-refractivity contribution in [3.05, 3.63) is 28.8 Å². The number of aromatic nitrogens is 1. The van der Waals surface area contributed by atoms with Crippen LogP contribution in [-0.4, -0.2) is 63.7 Å². The van der Waals surface area contributed by atoms with Gasteiger partial charge in [0.25, 0.3) is 0 Å². The van der Waals surface area contributed by atoms with E-state index in [0.29, 0.717) is 24.5 Å². The molecule has 7 nitrogen and oxygen atoms in total. The molecule has 8 heteroatoms. The number of ether oxygens (including phenoxy) is 1. The van der Waals surface area contributed by atoms with Crippen molar-refractivity contribution in [2.24, 2.45) is 0 Å². The van der Waals surface area contributed by atoms with E-state index in [4.69, 9.17) is 9.84 Å². The van der Waals surface area contributed by atoms with Crippen LogP contribution in [0.2, 0.25) is 0 Å². The van der Waals surface area contributed by atoms with Gasteiger partial charge in [0, 0.05) is 38.1 Å². The summed E-state index contributed by atoms with van der Waals surface area (Å²) in [6, 6.07) is 5.52. The highest BCUT2D eigenvalue weighted by molar-refractivity contribution is 7.20. The van der Waals surface area contributed by atoms with Gasteiger partial charge < -0.3 is 14.7 Å². The second-order valence-electron chi connectivity index (χ2n) is 7.71. The van der Waals surface area contributed by atoms with Gasteiger partial charge in [0.1, 0.15) is 15.3 Å². The molecule has 0 bridgehead atoms. The smallest absolute Gasteiger partial charge is 0.410 e. The van der Waals surface area contributed by atoms with Gasteiger partial charge in [-0.3, -0.25) is 4.90 Å². The van der Waals surface area contributed by atoms with Crippen LogP contribution in [0.1, 0.15) is 42.6 Å². The fourth-order valence-electron chi connectivity index (χ4n) is 3.02. The Morgan fingerprint density at radius 2 is 2.00 bits per heavy atom. The first kappa shape index (κ1) is 19.6. The summed E-state index contributed by atoms with van der Waals surface area (Å²) < 4.78 is 5.47. The first-order chi connectivity index (χ1) is 12.7. The highest BCUT2D eigenvalue weighted by atomic mass is 32.1. The van der Waals surface area contributed by atoms with Crippen LogP contribution < -0.4 is 0 Å². The van der Waals surface area contributed by atoms with Crippen LogP contribution in [0.25, 0.3) is 10.2 Å². The van der Waals surface area contributed by atoms with E-state index in [1.807, 2.05) is 32.9 Å². The number of carbonyl (C=O) groups is 2. The second kappa shape index (κ2) is 7.82. The van der Waals surface area contributed by atoms with Gasteiger partial charge >= 0.3 is 12.1 Å². The summed E-state index contributed by atoms with van der Waals surface area (Å²) in [5.74, 6) is -0.922. The van der Waals surface area contributed by atoms with E-state index in [1.54, 1.807) is 11.0 Å². The van der Waals surface area contributed by atoms with Crippen LogP contribution in [0, 0.1) is 0 Å². The first-order valence-electron chi connectivity index (χ1n) is 9.04. The van der Waals surface area contributed by atoms with Crippen molar-refractivity contribution in [3.8, 4) is 0 Å². The molecule has 0 unspecified atom stereocenters. The molecule has 2 aromatic heterocycles. The molecule has 1 aliphatic rings. The number of carbonyl (C=O) groups excluding carboxylic acids is 1. The number of aromatic carboxylic acids is 1. The second-order valence-corrected chi connectivity index (χ2v) is 8.74. The summed E-state index contributed by atoms with van der Waals surface area (Å²) in [5.41, 5.74) is 0.421. The molecule has 0 saturated carbocycles. The Labute approximate surface area is 162 Å². The van der Waals surface area contributed by atoms with Gasteiger partial charge in [-0.2, -0.15) is 0 Å². The van der Waals surface area contributed by atoms with Crippen LogP contribution in [0.4, 0.5) is 4.79 Å². The van der Waals surface area contributed by atoms with Crippen molar-refractivity contribution in [1.82, 2.24) is 14.8 Å². The Kier molecular flexibility index (Phi) is 5.67. The molecule has 0 spiro atoms. The minimum Gasteiger partial charge on any atom is -0.477 e. The van der Waals surface area contributed by atoms with Gasteiger partial charge in [-0.05, 0) is 39.3 Å². The van der Waals surface area contributed by atoms with Crippen molar-refractivity contribution in [1.29, 1.82) is 0 Å². The predicted octanol–water partition coefficient (Wildman–Crippen LogP) is 3.44. The number of fused-ring (bicyclic) bond motifs is 1. The molecule has 0 atom stereocenters. The Hall–Kier alpha value is -2.19. The number of amides is 1. The maximum Gasteiger partial charge on any atom is 0.410 e.